The molecule has 106 valence electrons. The van der Waals surface area contributed by atoms with Gasteiger partial charge in [-0.05, 0) is 32.4 Å². The van der Waals surface area contributed by atoms with Gasteiger partial charge < -0.3 is 10.1 Å². The van der Waals surface area contributed by atoms with Crippen LogP contribution in [0.5, 0.6) is 5.75 Å². The highest BCUT2D eigenvalue weighted by molar-refractivity contribution is 5.76. The Bertz CT molecular complexity index is 596. The highest BCUT2D eigenvalue weighted by Crippen LogP contribution is 2.33. The summed E-state index contributed by atoms with van der Waals surface area (Å²) in [7, 11) is 1.86. The van der Waals surface area contributed by atoms with Gasteiger partial charge >= 0.3 is 0 Å². The van der Waals surface area contributed by atoms with Gasteiger partial charge in [0, 0.05) is 12.6 Å². The van der Waals surface area contributed by atoms with Crippen LogP contribution in [0.15, 0.2) is 24.3 Å². The summed E-state index contributed by atoms with van der Waals surface area (Å²) in [5, 5.41) is 3.12. The first-order chi connectivity index (χ1) is 9.67. The number of aromatic nitrogens is 2. The molecule has 4 heteroatoms. The van der Waals surface area contributed by atoms with E-state index >= 15 is 0 Å². The SMILES string of the molecule is CCCOc1ccccc1-c1nc(C)c(C)nc1NC. The fraction of sp³-hybridized carbons (Fsp3) is 0.375. The van der Waals surface area contributed by atoms with E-state index in [1.54, 1.807) is 0 Å². The molecule has 0 saturated carbocycles. The Labute approximate surface area is 120 Å². The van der Waals surface area contributed by atoms with Gasteiger partial charge in [0.1, 0.15) is 11.4 Å². The molecule has 0 radical (unpaired) electrons. The maximum atomic E-state index is 5.81. The van der Waals surface area contributed by atoms with Crippen LogP contribution in [0.3, 0.4) is 0 Å². The van der Waals surface area contributed by atoms with Crippen LogP contribution in [-0.2, 0) is 0 Å². The lowest BCUT2D eigenvalue weighted by Crippen LogP contribution is -2.04. The molecular formula is C16H21N3O. The third-order valence-electron chi connectivity index (χ3n) is 3.15. The lowest BCUT2D eigenvalue weighted by Gasteiger charge is -2.14. The molecular weight excluding hydrogens is 250 g/mol. The van der Waals surface area contributed by atoms with E-state index in [-0.39, 0.29) is 0 Å². The van der Waals surface area contributed by atoms with Crippen molar-refractivity contribution in [3.63, 3.8) is 0 Å². The van der Waals surface area contributed by atoms with Gasteiger partial charge in [-0.2, -0.15) is 0 Å². The summed E-state index contributed by atoms with van der Waals surface area (Å²) in [6.07, 6.45) is 0.978. The molecule has 2 rings (SSSR count). The van der Waals surface area contributed by atoms with Gasteiger partial charge in [0.05, 0.1) is 18.0 Å². The molecule has 0 aliphatic rings. The molecule has 0 amide bonds. The Morgan fingerprint density at radius 1 is 1.10 bits per heavy atom. The minimum atomic E-state index is 0.699. The highest BCUT2D eigenvalue weighted by atomic mass is 16.5. The second-order valence-electron chi connectivity index (χ2n) is 4.69. The molecule has 2 aromatic rings. The summed E-state index contributed by atoms with van der Waals surface area (Å²) >= 11 is 0. The number of hydrogen-bond acceptors (Lipinski definition) is 4. The highest BCUT2D eigenvalue weighted by Gasteiger charge is 2.14. The molecule has 1 aromatic heterocycles. The Morgan fingerprint density at radius 3 is 2.50 bits per heavy atom. The number of nitrogens with one attached hydrogen (secondary N) is 1. The topological polar surface area (TPSA) is 47.0 Å². The third kappa shape index (κ3) is 2.90. The molecule has 0 aliphatic heterocycles. The molecule has 0 saturated heterocycles. The Morgan fingerprint density at radius 2 is 1.80 bits per heavy atom. The predicted octanol–water partition coefficient (Wildman–Crippen LogP) is 3.59. The van der Waals surface area contributed by atoms with Crippen molar-refractivity contribution in [3.8, 4) is 17.0 Å². The van der Waals surface area contributed by atoms with E-state index < -0.39 is 0 Å². The van der Waals surface area contributed by atoms with Crippen LogP contribution in [0.1, 0.15) is 24.7 Å². The van der Waals surface area contributed by atoms with E-state index in [1.165, 1.54) is 0 Å². The molecule has 4 nitrogen and oxygen atoms in total. The fourth-order valence-electron chi connectivity index (χ4n) is 1.97. The maximum absolute atomic E-state index is 5.81. The first-order valence-electron chi connectivity index (χ1n) is 6.92. The van der Waals surface area contributed by atoms with Gasteiger partial charge in [0.25, 0.3) is 0 Å². The van der Waals surface area contributed by atoms with Crippen molar-refractivity contribution >= 4 is 5.82 Å². The lowest BCUT2D eigenvalue weighted by atomic mass is 10.1. The largest absolute Gasteiger partial charge is 0.493 e. The maximum Gasteiger partial charge on any atom is 0.152 e. The second kappa shape index (κ2) is 6.37. The van der Waals surface area contributed by atoms with Crippen LogP contribution < -0.4 is 10.1 Å². The van der Waals surface area contributed by atoms with Crippen molar-refractivity contribution in [2.75, 3.05) is 19.0 Å². The summed E-state index contributed by atoms with van der Waals surface area (Å²) < 4.78 is 5.81. The van der Waals surface area contributed by atoms with Crippen molar-refractivity contribution in [2.24, 2.45) is 0 Å². The third-order valence-corrected chi connectivity index (χ3v) is 3.15. The molecule has 20 heavy (non-hydrogen) atoms. The summed E-state index contributed by atoms with van der Waals surface area (Å²) in [5.74, 6) is 1.63. The van der Waals surface area contributed by atoms with Gasteiger partial charge in [-0.1, -0.05) is 19.1 Å². The molecule has 1 heterocycles. The van der Waals surface area contributed by atoms with Crippen molar-refractivity contribution in [3.05, 3.63) is 35.7 Å². The quantitative estimate of drug-likeness (QED) is 0.902. The molecule has 0 bridgehead atoms. The van der Waals surface area contributed by atoms with Crippen LogP contribution >= 0.6 is 0 Å². The van der Waals surface area contributed by atoms with Crippen LogP contribution in [0.2, 0.25) is 0 Å². The van der Waals surface area contributed by atoms with E-state index in [0.29, 0.717) is 6.61 Å². The van der Waals surface area contributed by atoms with E-state index in [0.717, 1.165) is 40.6 Å². The first-order valence-corrected chi connectivity index (χ1v) is 6.92. The summed E-state index contributed by atoms with van der Waals surface area (Å²) in [6.45, 7) is 6.73. The van der Waals surface area contributed by atoms with Crippen LogP contribution in [0.4, 0.5) is 5.82 Å². The minimum Gasteiger partial charge on any atom is -0.493 e. The van der Waals surface area contributed by atoms with Crippen molar-refractivity contribution < 1.29 is 4.74 Å². The fourth-order valence-corrected chi connectivity index (χ4v) is 1.97. The summed E-state index contributed by atoms with van der Waals surface area (Å²) in [6, 6.07) is 7.96. The molecule has 1 aromatic carbocycles. The van der Waals surface area contributed by atoms with Gasteiger partial charge in [-0.15, -0.1) is 0 Å². The van der Waals surface area contributed by atoms with Gasteiger partial charge in [0.15, 0.2) is 5.82 Å². The molecule has 1 N–H and O–H groups in total. The average Bonchev–Trinajstić information content (AvgIpc) is 2.48. The zero-order valence-corrected chi connectivity index (χ0v) is 12.5. The second-order valence-corrected chi connectivity index (χ2v) is 4.69. The zero-order chi connectivity index (χ0) is 14.5. The molecule has 0 aliphatic carbocycles. The normalized spacial score (nSPS) is 10.4. The summed E-state index contributed by atoms with van der Waals surface area (Å²) in [5.41, 5.74) is 3.68. The lowest BCUT2D eigenvalue weighted by molar-refractivity contribution is 0.318. The average molecular weight is 271 g/mol. The zero-order valence-electron chi connectivity index (χ0n) is 12.5. The number of rotatable bonds is 5. The van der Waals surface area contributed by atoms with E-state index in [4.69, 9.17) is 4.74 Å². The van der Waals surface area contributed by atoms with E-state index in [1.807, 2.05) is 45.2 Å². The first kappa shape index (κ1) is 14.3. The van der Waals surface area contributed by atoms with Crippen LogP contribution in [0, 0.1) is 13.8 Å². The Hall–Kier alpha value is -2.10. The standard InChI is InChI=1S/C16H21N3O/c1-5-10-20-14-9-7-6-8-13(14)15-16(17-4)19-12(3)11(2)18-15/h6-9H,5,10H2,1-4H3,(H,17,19). The smallest absolute Gasteiger partial charge is 0.152 e. The number of para-hydroxylation sites is 1. The number of anilines is 1. The van der Waals surface area contributed by atoms with Crippen LogP contribution in [0.25, 0.3) is 11.3 Å². The number of hydrogen-bond donors (Lipinski definition) is 1. The number of nitrogens with zero attached hydrogens (tertiary/aromatic N) is 2. The number of aryl methyl sites for hydroxylation is 2. The molecule has 0 unspecified atom stereocenters. The van der Waals surface area contributed by atoms with Crippen molar-refractivity contribution in [2.45, 2.75) is 27.2 Å². The van der Waals surface area contributed by atoms with Gasteiger partial charge in [-0.3, -0.25) is 0 Å². The number of benzene rings is 1. The van der Waals surface area contributed by atoms with Crippen LogP contribution in [-0.4, -0.2) is 23.6 Å². The monoisotopic (exact) mass is 271 g/mol. The van der Waals surface area contributed by atoms with E-state index in [9.17, 15) is 0 Å². The Kier molecular flexibility index (Phi) is 4.56. The Balaban J connectivity index is 2.53. The van der Waals surface area contributed by atoms with Gasteiger partial charge in [-0.25, -0.2) is 9.97 Å². The minimum absolute atomic E-state index is 0.699. The van der Waals surface area contributed by atoms with Gasteiger partial charge in [0.2, 0.25) is 0 Å². The van der Waals surface area contributed by atoms with Crippen molar-refractivity contribution in [1.82, 2.24) is 9.97 Å². The van der Waals surface area contributed by atoms with Crippen molar-refractivity contribution in [1.29, 1.82) is 0 Å². The molecule has 0 fully saturated rings. The number of ether oxygens (including phenoxy) is 1. The van der Waals surface area contributed by atoms with E-state index in [2.05, 4.69) is 22.2 Å². The molecule has 0 atom stereocenters. The predicted molar refractivity (Wildman–Crippen MR) is 82.3 cm³/mol. The molecule has 0 spiro atoms. The summed E-state index contributed by atoms with van der Waals surface area (Å²) in [4.78, 5) is 9.24.